The molecule has 3 rings (SSSR count). The van der Waals surface area contributed by atoms with E-state index in [0.29, 0.717) is 17.6 Å². The van der Waals surface area contributed by atoms with Gasteiger partial charge in [-0.2, -0.15) is 0 Å². The zero-order valence-corrected chi connectivity index (χ0v) is 14.0. The molecule has 24 heavy (non-hydrogen) atoms. The van der Waals surface area contributed by atoms with Crippen molar-refractivity contribution in [2.24, 2.45) is 0 Å². The molecule has 2 fully saturated rings. The zero-order valence-electron chi connectivity index (χ0n) is 14.0. The van der Waals surface area contributed by atoms with Crippen LogP contribution in [0.3, 0.4) is 0 Å². The summed E-state index contributed by atoms with van der Waals surface area (Å²) in [4.78, 5) is 26.4. The lowest BCUT2D eigenvalue weighted by Crippen LogP contribution is -2.50. The third-order valence-electron chi connectivity index (χ3n) is 5.53. The maximum absolute atomic E-state index is 11.8. The van der Waals surface area contributed by atoms with Gasteiger partial charge in [-0.25, -0.2) is 4.79 Å². The second-order valence-corrected chi connectivity index (χ2v) is 6.98. The number of hydrogen-bond acceptors (Lipinski definition) is 4. The molecule has 2 saturated heterocycles. The van der Waals surface area contributed by atoms with Crippen LogP contribution in [0.15, 0.2) is 18.2 Å². The lowest BCUT2D eigenvalue weighted by atomic mass is 9.96. The van der Waals surface area contributed by atoms with Gasteiger partial charge in [0.15, 0.2) is 0 Å². The number of piperidine rings is 1. The van der Waals surface area contributed by atoms with Crippen LogP contribution in [0.4, 0.5) is 10.5 Å². The first kappa shape index (κ1) is 16.7. The summed E-state index contributed by atoms with van der Waals surface area (Å²) in [6, 6.07) is 5.63. The molecule has 2 bridgehead atoms. The largest absolute Gasteiger partial charge is 0.465 e. The summed E-state index contributed by atoms with van der Waals surface area (Å²) in [6.45, 7) is 1.93. The van der Waals surface area contributed by atoms with Gasteiger partial charge in [0.05, 0.1) is 11.5 Å². The number of fused-ring (bicyclic) bond motifs is 2. The maximum atomic E-state index is 11.8. The standard InChI is InChI=1S/C17H23N3O4/c1-11-3-6-16(20(23)24)12(7-11)10-19(17(21)22)15-8-13-4-5-14(9-15)18(13)2/h3,6-7,13-15H,4-5,8-10H2,1-2H3,(H,21,22)/t13-,14+,15+. The van der Waals surface area contributed by atoms with E-state index in [1.807, 2.05) is 6.92 Å². The number of rotatable bonds is 4. The van der Waals surface area contributed by atoms with Crippen molar-refractivity contribution in [1.29, 1.82) is 0 Å². The molecule has 0 aromatic heterocycles. The Morgan fingerprint density at radius 2 is 2.00 bits per heavy atom. The highest BCUT2D eigenvalue weighted by Crippen LogP contribution is 2.37. The van der Waals surface area contributed by atoms with E-state index in [-0.39, 0.29) is 18.3 Å². The van der Waals surface area contributed by atoms with Crippen LogP contribution < -0.4 is 0 Å². The first-order chi connectivity index (χ1) is 11.4. The van der Waals surface area contributed by atoms with Crippen LogP contribution in [0, 0.1) is 17.0 Å². The van der Waals surface area contributed by atoms with Gasteiger partial charge in [0.25, 0.3) is 5.69 Å². The predicted molar refractivity (Wildman–Crippen MR) is 89.0 cm³/mol. The lowest BCUT2D eigenvalue weighted by Gasteiger charge is -2.40. The number of nitro benzene ring substituents is 1. The Morgan fingerprint density at radius 1 is 1.38 bits per heavy atom. The summed E-state index contributed by atoms with van der Waals surface area (Å²) in [6.07, 6.45) is 2.82. The molecule has 1 amide bonds. The highest BCUT2D eigenvalue weighted by Gasteiger charge is 2.41. The van der Waals surface area contributed by atoms with Gasteiger partial charge in [-0.1, -0.05) is 11.6 Å². The molecule has 1 aromatic rings. The minimum atomic E-state index is -1.00. The van der Waals surface area contributed by atoms with Crippen LogP contribution in [-0.4, -0.2) is 51.1 Å². The van der Waals surface area contributed by atoms with Crippen LogP contribution in [0.1, 0.15) is 36.8 Å². The van der Waals surface area contributed by atoms with E-state index in [4.69, 9.17) is 0 Å². The summed E-state index contributed by atoms with van der Waals surface area (Å²) in [7, 11) is 2.11. The molecule has 0 aliphatic carbocycles. The number of aryl methyl sites for hydroxylation is 1. The number of amides is 1. The summed E-state index contributed by atoms with van der Waals surface area (Å²) in [5, 5.41) is 20.9. The summed E-state index contributed by atoms with van der Waals surface area (Å²) < 4.78 is 0. The second kappa shape index (κ2) is 6.39. The monoisotopic (exact) mass is 333 g/mol. The zero-order chi connectivity index (χ0) is 17.4. The molecular formula is C17H23N3O4. The topological polar surface area (TPSA) is 86.9 Å². The molecule has 7 heteroatoms. The maximum Gasteiger partial charge on any atom is 0.407 e. The van der Waals surface area contributed by atoms with Crippen molar-refractivity contribution >= 4 is 11.8 Å². The van der Waals surface area contributed by atoms with E-state index < -0.39 is 11.0 Å². The van der Waals surface area contributed by atoms with Gasteiger partial charge in [-0.05, 0) is 45.7 Å². The van der Waals surface area contributed by atoms with Gasteiger partial charge in [-0.15, -0.1) is 0 Å². The van der Waals surface area contributed by atoms with Crippen molar-refractivity contribution in [3.05, 3.63) is 39.4 Å². The van der Waals surface area contributed by atoms with Crippen LogP contribution in [0.25, 0.3) is 0 Å². The first-order valence-corrected chi connectivity index (χ1v) is 8.32. The van der Waals surface area contributed by atoms with Crippen LogP contribution in [0.5, 0.6) is 0 Å². The number of hydrogen-bond donors (Lipinski definition) is 1. The fourth-order valence-electron chi connectivity index (χ4n) is 4.19. The summed E-state index contributed by atoms with van der Waals surface area (Å²) in [5.41, 5.74) is 1.35. The summed E-state index contributed by atoms with van der Waals surface area (Å²) in [5.74, 6) is 0. The van der Waals surface area contributed by atoms with E-state index in [1.165, 1.54) is 11.0 Å². The van der Waals surface area contributed by atoms with Gasteiger partial charge in [0.1, 0.15) is 0 Å². The van der Waals surface area contributed by atoms with Crippen molar-refractivity contribution in [1.82, 2.24) is 9.80 Å². The molecule has 7 nitrogen and oxygen atoms in total. The Bertz CT molecular complexity index is 649. The average molecular weight is 333 g/mol. The molecule has 1 aromatic carbocycles. The number of nitrogens with zero attached hydrogens (tertiary/aromatic N) is 3. The molecule has 130 valence electrons. The highest BCUT2D eigenvalue weighted by molar-refractivity contribution is 5.66. The fraction of sp³-hybridized carbons (Fsp3) is 0.588. The number of nitro groups is 1. The van der Waals surface area contributed by atoms with Gasteiger partial charge < -0.3 is 14.9 Å². The second-order valence-electron chi connectivity index (χ2n) is 6.98. The van der Waals surface area contributed by atoms with Crippen molar-refractivity contribution in [2.45, 2.75) is 57.3 Å². The molecule has 0 radical (unpaired) electrons. The molecule has 0 unspecified atom stereocenters. The molecule has 0 spiro atoms. The van der Waals surface area contributed by atoms with Gasteiger partial charge in [0, 0.05) is 29.8 Å². The lowest BCUT2D eigenvalue weighted by molar-refractivity contribution is -0.385. The molecule has 3 atom stereocenters. The third kappa shape index (κ3) is 3.08. The van der Waals surface area contributed by atoms with Crippen LogP contribution in [0.2, 0.25) is 0 Å². The third-order valence-corrected chi connectivity index (χ3v) is 5.53. The number of benzene rings is 1. The smallest absolute Gasteiger partial charge is 0.407 e. The minimum Gasteiger partial charge on any atom is -0.465 e. The Kier molecular flexibility index (Phi) is 4.45. The summed E-state index contributed by atoms with van der Waals surface area (Å²) >= 11 is 0. The van der Waals surface area contributed by atoms with E-state index in [2.05, 4.69) is 11.9 Å². The molecule has 2 heterocycles. The molecule has 2 aliphatic heterocycles. The SMILES string of the molecule is Cc1ccc([N+](=O)[O-])c(CN(C(=O)O)[C@H]2C[C@H]3CC[C@@H](C2)N3C)c1. The Hall–Kier alpha value is -2.15. The van der Waals surface area contributed by atoms with Gasteiger partial charge in [0.2, 0.25) is 0 Å². The molecule has 1 N–H and O–H groups in total. The van der Waals surface area contributed by atoms with Gasteiger partial charge >= 0.3 is 6.09 Å². The van der Waals surface area contributed by atoms with Gasteiger partial charge in [-0.3, -0.25) is 10.1 Å². The number of carboxylic acid groups (broad SMARTS) is 1. The van der Waals surface area contributed by atoms with E-state index >= 15 is 0 Å². The van der Waals surface area contributed by atoms with Crippen molar-refractivity contribution < 1.29 is 14.8 Å². The Labute approximate surface area is 141 Å². The average Bonchev–Trinajstić information content (AvgIpc) is 2.73. The van der Waals surface area contributed by atoms with Crippen LogP contribution >= 0.6 is 0 Å². The minimum absolute atomic E-state index is 0.0113. The van der Waals surface area contributed by atoms with E-state index in [1.54, 1.807) is 12.1 Å². The van der Waals surface area contributed by atoms with Crippen molar-refractivity contribution in [2.75, 3.05) is 7.05 Å². The Morgan fingerprint density at radius 3 is 2.54 bits per heavy atom. The van der Waals surface area contributed by atoms with E-state index in [9.17, 15) is 20.0 Å². The molecule has 0 saturated carbocycles. The van der Waals surface area contributed by atoms with Crippen molar-refractivity contribution in [3.8, 4) is 0 Å². The molecule has 2 aliphatic rings. The fourth-order valence-corrected chi connectivity index (χ4v) is 4.19. The van der Waals surface area contributed by atoms with Crippen LogP contribution in [-0.2, 0) is 6.54 Å². The predicted octanol–water partition coefficient (Wildman–Crippen LogP) is 3.01. The molecular weight excluding hydrogens is 310 g/mol. The highest BCUT2D eigenvalue weighted by atomic mass is 16.6. The van der Waals surface area contributed by atoms with E-state index in [0.717, 1.165) is 31.2 Å². The normalized spacial score (nSPS) is 26.3. The first-order valence-electron chi connectivity index (χ1n) is 8.32. The quantitative estimate of drug-likeness (QED) is 0.676. The Balaban J connectivity index is 1.84. The number of carbonyl (C=O) groups is 1. The van der Waals surface area contributed by atoms with Crippen molar-refractivity contribution in [3.63, 3.8) is 0 Å².